The zero-order valence-electron chi connectivity index (χ0n) is 20.2. The molecule has 4 heterocycles. The standard InChI is InChI=1S/C24H29F2N7O3/c1-14-10-31(11-15(2)36-14)20-7-8-32-23(29-20)18(9-27-32)24(35)28-19-12-33(30-21(19)22(25)26)17-5-3-16(13-34)4-6-17/h7-9,12-17,22H,3-6,10-11H2,1-2H3,(H,28,35)/t14-,15-,16-,17-/m0/s1. The summed E-state index contributed by atoms with van der Waals surface area (Å²) in [5, 5.41) is 10.9. The molecule has 0 bridgehead atoms. The van der Waals surface area contributed by atoms with Gasteiger partial charge < -0.3 is 19.7 Å². The van der Waals surface area contributed by atoms with Crippen LogP contribution in [0, 0.1) is 5.92 Å². The Balaban J connectivity index is 1.38. The van der Waals surface area contributed by atoms with E-state index in [0.717, 1.165) is 6.29 Å². The lowest BCUT2D eigenvalue weighted by Gasteiger charge is -2.36. The number of morpholine rings is 1. The lowest BCUT2D eigenvalue weighted by atomic mass is 9.87. The van der Waals surface area contributed by atoms with Gasteiger partial charge in [-0.25, -0.2) is 18.3 Å². The van der Waals surface area contributed by atoms with Crippen molar-refractivity contribution in [2.75, 3.05) is 23.3 Å². The first-order valence-corrected chi connectivity index (χ1v) is 12.2. The van der Waals surface area contributed by atoms with Crippen molar-refractivity contribution < 1.29 is 23.1 Å². The van der Waals surface area contributed by atoms with Gasteiger partial charge in [-0.3, -0.25) is 9.48 Å². The number of fused-ring (bicyclic) bond motifs is 1. The summed E-state index contributed by atoms with van der Waals surface area (Å²) in [6.45, 7) is 5.31. The number of halogens is 2. The molecule has 0 aromatic carbocycles. The highest BCUT2D eigenvalue weighted by molar-refractivity contribution is 6.08. The minimum Gasteiger partial charge on any atom is -0.372 e. The van der Waals surface area contributed by atoms with E-state index >= 15 is 0 Å². The van der Waals surface area contributed by atoms with Crippen molar-refractivity contribution in [3.63, 3.8) is 0 Å². The van der Waals surface area contributed by atoms with E-state index in [1.165, 1.54) is 21.6 Å². The molecule has 1 saturated carbocycles. The highest BCUT2D eigenvalue weighted by atomic mass is 19.3. The molecule has 0 spiro atoms. The number of aromatic nitrogens is 5. The highest BCUT2D eigenvalue weighted by Crippen LogP contribution is 2.34. The van der Waals surface area contributed by atoms with Gasteiger partial charge in [-0.15, -0.1) is 0 Å². The third-order valence-corrected chi connectivity index (χ3v) is 6.87. The van der Waals surface area contributed by atoms with Crippen LogP contribution in [0.25, 0.3) is 5.65 Å². The maximum absolute atomic E-state index is 13.8. The largest absolute Gasteiger partial charge is 0.372 e. The summed E-state index contributed by atoms with van der Waals surface area (Å²) in [5.74, 6) is 0.0954. The third kappa shape index (κ3) is 4.81. The molecule has 1 aliphatic heterocycles. The van der Waals surface area contributed by atoms with Crippen LogP contribution >= 0.6 is 0 Å². The minimum atomic E-state index is -2.85. The monoisotopic (exact) mass is 501 g/mol. The molecular weight excluding hydrogens is 472 g/mol. The van der Waals surface area contributed by atoms with Crippen LogP contribution in [0.1, 0.15) is 68.0 Å². The number of alkyl halides is 2. The van der Waals surface area contributed by atoms with Crippen LogP contribution in [-0.2, 0) is 9.53 Å². The van der Waals surface area contributed by atoms with Gasteiger partial charge in [0.15, 0.2) is 11.3 Å². The Hall–Kier alpha value is -3.41. The molecule has 2 fully saturated rings. The fourth-order valence-electron chi connectivity index (χ4n) is 5.10. The van der Waals surface area contributed by atoms with E-state index in [0.29, 0.717) is 50.2 Å². The Labute approximate surface area is 206 Å². The molecule has 3 aromatic heterocycles. The van der Waals surface area contributed by atoms with Gasteiger partial charge in [-0.1, -0.05) is 0 Å². The summed E-state index contributed by atoms with van der Waals surface area (Å²) in [4.78, 5) is 30.9. The molecule has 1 saturated heterocycles. The Kier molecular flexibility index (Phi) is 6.69. The molecule has 1 amide bonds. The van der Waals surface area contributed by atoms with Gasteiger partial charge in [-0.05, 0) is 45.6 Å². The lowest BCUT2D eigenvalue weighted by molar-refractivity contribution is -0.112. The number of carbonyl (C=O) groups is 2. The molecule has 2 atom stereocenters. The molecule has 5 rings (SSSR count). The Morgan fingerprint density at radius 2 is 1.92 bits per heavy atom. The Bertz CT molecular complexity index is 1240. The molecule has 192 valence electrons. The van der Waals surface area contributed by atoms with Gasteiger partial charge in [0.25, 0.3) is 12.3 Å². The van der Waals surface area contributed by atoms with Crippen LogP contribution in [0.3, 0.4) is 0 Å². The van der Waals surface area contributed by atoms with E-state index in [1.807, 2.05) is 19.9 Å². The summed E-state index contributed by atoms with van der Waals surface area (Å²) in [5.41, 5.74) is -0.0262. The molecule has 12 heteroatoms. The van der Waals surface area contributed by atoms with Crippen molar-refractivity contribution in [3.8, 4) is 0 Å². The van der Waals surface area contributed by atoms with Crippen LogP contribution in [0.2, 0.25) is 0 Å². The zero-order chi connectivity index (χ0) is 25.4. The number of rotatable bonds is 6. The molecule has 36 heavy (non-hydrogen) atoms. The molecule has 1 N–H and O–H groups in total. The second-order valence-electron chi connectivity index (χ2n) is 9.64. The van der Waals surface area contributed by atoms with Gasteiger partial charge in [0.1, 0.15) is 17.7 Å². The number of nitrogens with zero attached hydrogens (tertiary/aromatic N) is 6. The molecule has 3 aromatic rings. The smallest absolute Gasteiger partial charge is 0.284 e. The topological polar surface area (TPSA) is 107 Å². The quantitative estimate of drug-likeness (QED) is 0.514. The molecule has 0 radical (unpaired) electrons. The van der Waals surface area contributed by atoms with Crippen LogP contribution in [0.4, 0.5) is 20.3 Å². The maximum Gasteiger partial charge on any atom is 0.284 e. The van der Waals surface area contributed by atoms with E-state index in [2.05, 4.69) is 25.4 Å². The second-order valence-corrected chi connectivity index (χ2v) is 9.64. The number of aldehydes is 1. The second kappa shape index (κ2) is 9.92. The van der Waals surface area contributed by atoms with E-state index in [4.69, 9.17) is 4.74 Å². The number of ether oxygens (including phenoxy) is 1. The third-order valence-electron chi connectivity index (χ3n) is 6.87. The summed E-state index contributed by atoms with van der Waals surface area (Å²) < 4.78 is 36.3. The Morgan fingerprint density at radius 3 is 2.58 bits per heavy atom. The van der Waals surface area contributed by atoms with Crippen LogP contribution in [0.15, 0.2) is 24.7 Å². The fraction of sp³-hybridized carbons (Fsp3) is 0.542. The number of nitrogens with one attached hydrogen (secondary N) is 1. The van der Waals surface area contributed by atoms with Crippen molar-refractivity contribution in [2.24, 2.45) is 5.92 Å². The fourth-order valence-corrected chi connectivity index (χ4v) is 5.10. The average molecular weight is 502 g/mol. The molecular formula is C24H29F2N7O3. The summed E-state index contributed by atoms with van der Waals surface area (Å²) in [7, 11) is 0. The van der Waals surface area contributed by atoms with E-state index in [9.17, 15) is 18.4 Å². The SMILES string of the molecule is C[C@H]1CN(c2ccn3ncc(C(=O)Nc4cn([C@H]5CC[C@H](C=O)CC5)nc4C(F)F)c3n2)C[C@H](C)O1. The first kappa shape index (κ1) is 24.3. The number of amides is 1. The Morgan fingerprint density at radius 1 is 1.19 bits per heavy atom. The first-order chi connectivity index (χ1) is 17.3. The predicted octanol–water partition coefficient (Wildman–Crippen LogP) is 3.66. The van der Waals surface area contributed by atoms with E-state index < -0.39 is 18.0 Å². The van der Waals surface area contributed by atoms with Gasteiger partial charge >= 0.3 is 0 Å². The number of anilines is 2. The van der Waals surface area contributed by atoms with Gasteiger partial charge in [0, 0.05) is 31.4 Å². The zero-order valence-corrected chi connectivity index (χ0v) is 20.2. The van der Waals surface area contributed by atoms with Crippen molar-refractivity contribution in [2.45, 2.75) is 64.2 Å². The number of carbonyl (C=O) groups excluding carboxylic acids is 2. The molecule has 1 aliphatic carbocycles. The predicted molar refractivity (Wildman–Crippen MR) is 127 cm³/mol. The van der Waals surface area contributed by atoms with Crippen LogP contribution < -0.4 is 10.2 Å². The van der Waals surface area contributed by atoms with E-state index in [1.54, 1.807) is 6.20 Å². The van der Waals surface area contributed by atoms with Crippen molar-refractivity contribution >= 4 is 29.3 Å². The lowest BCUT2D eigenvalue weighted by Crippen LogP contribution is -2.45. The molecule has 10 nitrogen and oxygen atoms in total. The molecule has 2 aliphatic rings. The summed E-state index contributed by atoms with van der Waals surface area (Å²) in [6.07, 6.45) is 5.44. The average Bonchev–Trinajstić information content (AvgIpc) is 3.47. The van der Waals surface area contributed by atoms with Gasteiger partial charge in [-0.2, -0.15) is 10.2 Å². The van der Waals surface area contributed by atoms with E-state index in [-0.39, 0.29) is 35.4 Å². The highest BCUT2D eigenvalue weighted by Gasteiger charge is 2.28. The van der Waals surface area contributed by atoms with Crippen LogP contribution in [-0.4, -0.2) is 61.9 Å². The summed E-state index contributed by atoms with van der Waals surface area (Å²) in [6, 6.07) is 1.73. The van der Waals surface area contributed by atoms with Gasteiger partial charge in [0.05, 0.1) is 30.1 Å². The van der Waals surface area contributed by atoms with Crippen LogP contribution in [0.5, 0.6) is 0 Å². The normalized spacial score (nSPS) is 24.9. The van der Waals surface area contributed by atoms with Crippen molar-refractivity contribution in [3.05, 3.63) is 35.9 Å². The summed E-state index contributed by atoms with van der Waals surface area (Å²) >= 11 is 0. The molecule has 0 unspecified atom stereocenters. The number of hydrogen-bond donors (Lipinski definition) is 1. The number of hydrogen-bond acceptors (Lipinski definition) is 7. The van der Waals surface area contributed by atoms with Gasteiger partial charge in [0.2, 0.25) is 0 Å². The maximum atomic E-state index is 13.8. The van der Waals surface area contributed by atoms with Crippen molar-refractivity contribution in [1.29, 1.82) is 0 Å². The van der Waals surface area contributed by atoms with Crippen molar-refractivity contribution in [1.82, 2.24) is 24.4 Å². The first-order valence-electron chi connectivity index (χ1n) is 12.2. The minimum absolute atomic E-state index is 0.00227.